The zero-order valence-electron chi connectivity index (χ0n) is 11.4. The lowest BCUT2D eigenvalue weighted by Crippen LogP contribution is -2.43. The van der Waals surface area contributed by atoms with Gasteiger partial charge in [-0.1, -0.05) is 42.5 Å². The summed E-state index contributed by atoms with van der Waals surface area (Å²) in [7, 11) is 1.14. The summed E-state index contributed by atoms with van der Waals surface area (Å²) in [6, 6.07) is 13.3. The number of nitrogens with zero attached hydrogens (tertiary/aromatic N) is 1. The molecule has 0 saturated carbocycles. The molecule has 0 saturated heterocycles. The number of hydrogen-bond donors (Lipinski definition) is 0. The molecule has 0 aliphatic heterocycles. The van der Waals surface area contributed by atoms with E-state index in [4.69, 9.17) is 0 Å². The number of rotatable bonds is 4. The van der Waals surface area contributed by atoms with Crippen LogP contribution in [0.5, 0.6) is 0 Å². The molecule has 0 unspecified atom stereocenters. The van der Waals surface area contributed by atoms with Crippen molar-refractivity contribution in [3.05, 3.63) is 66.0 Å². The minimum Gasteiger partial charge on any atom is -0.308 e. The molecule has 0 N–H and O–H groups in total. The molecule has 0 spiro atoms. The molecule has 2 aromatic rings. The minimum atomic E-state index is -3.60. The fraction of sp³-hybridized carbons (Fsp3) is 0.188. The lowest BCUT2D eigenvalue weighted by atomic mass is 10.1. The molecule has 2 aromatic carbocycles. The Hall–Kier alpha value is -2.30. The van der Waals surface area contributed by atoms with Gasteiger partial charge in [-0.05, 0) is 17.7 Å². The van der Waals surface area contributed by atoms with Gasteiger partial charge in [-0.3, -0.25) is 4.79 Å². The predicted octanol–water partition coefficient (Wildman–Crippen LogP) is 3.67. The molecule has 0 fully saturated rings. The van der Waals surface area contributed by atoms with E-state index < -0.39 is 24.1 Å². The van der Waals surface area contributed by atoms with Crippen LogP contribution in [-0.4, -0.2) is 18.9 Å². The summed E-state index contributed by atoms with van der Waals surface area (Å²) in [4.78, 5) is 12.6. The molecule has 0 bridgehead atoms. The molecular weight excluding hydrogens is 279 g/mol. The number of hydrogen-bond acceptors (Lipinski definition) is 1. The fourth-order valence-corrected chi connectivity index (χ4v) is 2.01. The van der Waals surface area contributed by atoms with Crippen molar-refractivity contribution < 1.29 is 18.0 Å². The summed E-state index contributed by atoms with van der Waals surface area (Å²) >= 11 is 0. The van der Waals surface area contributed by atoms with E-state index in [0.717, 1.165) is 13.1 Å². The second-order valence-corrected chi connectivity index (χ2v) is 4.68. The Morgan fingerprint density at radius 1 is 1.05 bits per heavy atom. The molecule has 0 heterocycles. The maximum Gasteiger partial charge on any atom is 0.329 e. The molecule has 5 heteroatoms. The van der Waals surface area contributed by atoms with Crippen LogP contribution in [-0.2, 0) is 11.2 Å². The van der Waals surface area contributed by atoms with Crippen LogP contribution in [0.1, 0.15) is 5.56 Å². The van der Waals surface area contributed by atoms with E-state index in [1.54, 1.807) is 18.2 Å². The van der Waals surface area contributed by atoms with E-state index in [2.05, 4.69) is 0 Å². The van der Waals surface area contributed by atoms with Gasteiger partial charge >= 0.3 is 5.92 Å². The smallest absolute Gasteiger partial charge is 0.308 e. The summed E-state index contributed by atoms with van der Waals surface area (Å²) in [6.45, 7) is 0. The van der Waals surface area contributed by atoms with Crippen molar-refractivity contribution in [1.29, 1.82) is 0 Å². The lowest BCUT2D eigenvalue weighted by Gasteiger charge is -2.23. The zero-order valence-corrected chi connectivity index (χ0v) is 11.4. The number of carbonyl (C=O) groups excluding carboxylic acids is 1. The predicted molar refractivity (Wildman–Crippen MR) is 74.9 cm³/mol. The SMILES string of the molecule is CN(C(=O)C(F)(F)Cc1ccccc1)c1ccccc1F. The van der Waals surface area contributed by atoms with Gasteiger partial charge < -0.3 is 4.90 Å². The number of benzene rings is 2. The first kappa shape index (κ1) is 15.1. The van der Waals surface area contributed by atoms with Gasteiger partial charge in [0.2, 0.25) is 0 Å². The normalized spacial score (nSPS) is 11.2. The first-order valence-corrected chi connectivity index (χ1v) is 6.36. The van der Waals surface area contributed by atoms with E-state index in [1.165, 1.54) is 30.3 Å². The van der Waals surface area contributed by atoms with Gasteiger partial charge in [0.25, 0.3) is 5.91 Å². The number of para-hydroxylation sites is 1. The third-order valence-corrected chi connectivity index (χ3v) is 3.10. The van der Waals surface area contributed by atoms with Gasteiger partial charge in [-0.2, -0.15) is 8.78 Å². The lowest BCUT2D eigenvalue weighted by molar-refractivity contribution is -0.142. The molecule has 110 valence electrons. The Bertz CT molecular complexity index is 628. The van der Waals surface area contributed by atoms with Crippen molar-refractivity contribution >= 4 is 11.6 Å². The van der Waals surface area contributed by atoms with Crippen LogP contribution >= 0.6 is 0 Å². The maximum absolute atomic E-state index is 14.1. The van der Waals surface area contributed by atoms with E-state index in [9.17, 15) is 18.0 Å². The van der Waals surface area contributed by atoms with E-state index in [-0.39, 0.29) is 5.69 Å². The second-order valence-electron chi connectivity index (χ2n) is 4.68. The Balaban J connectivity index is 2.20. The summed E-state index contributed by atoms with van der Waals surface area (Å²) in [6.07, 6.45) is -0.717. The van der Waals surface area contributed by atoms with Crippen molar-refractivity contribution in [2.24, 2.45) is 0 Å². The van der Waals surface area contributed by atoms with Crippen molar-refractivity contribution in [2.75, 3.05) is 11.9 Å². The van der Waals surface area contributed by atoms with Crippen molar-refractivity contribution in [1.82, 2.24) is 0 Å². The number of halogens is 3. The fourth-order valence-electron chi connectivity index (χ4n) is 2.01. The van der Waals surface area contributed by atoms with E-state index in [1.807, 2.05) is 0 Å². The van der Waals surface area contributed by atoms with Crippen LogP contribution in [0.25, 0.3) is 0 Å². The Labute approximate surface area is 120 Å². The van der Waals surface area contributed by atoms with Crippen LogP contribution in [0.15, 0.2) is 54.6 Å². The largest absolute Gasteiger partial charge is 0.329 e. The highest BCUT2D eigenvalue weighted by Crippen LogP contribution is 2.26. The van der Waals surface area contributed by atoms with Crippen molar-refractivity contribution in [3.63, 3.8) is 0 Å². The third kappa shape index (κ3) is 3.42. The van der Waals surface area contributed by atoms with Crippen LogP contribution in [0, 0.1) is 5.82 Å². The summed E-state index contributed by atoms with van der Waals surface area (Å²) in [5.41, 5.74) is 0.174. The highest BCUT2D eigenvalue weighted by atomic mass is 19.3. The van der Waals surface area contributed by atoms with Crippen LogP contribution < -0.4 is 4.90 Å². The van der Waals surface area contributed by atoms with Crippen LogP contribution in [0.2, 0.25) is 0 Å². The molecule has 0 aromatic heterocycles. The summed E-state index contributed by atoms with van der Waals surface area (Å²) in [5.74, 6) is -5.75. The van der Waals surface area contributed by atoms with Gasteiger partial charge in [0, 0.05) is 13.5 Å². The first-order valence-electron chi connectivity index (χ1n) is 6.36. The van der Waals surface area contributed by atoms with E-state index in [0.29, 0.717) is 10.5 Å². The molecule has 1 amide bonds. The Morgan fingerprint density at radius 3 is 2.24 bits per heavy atom. The van der Waals surface area contributed by atoms with Gasteiger partial charge in [-0.25, -0.2) is 4.39 Å². The second kappa shape index (κ2) is 5.99. The van der Waals surface area contributed by atoms with Gasteiger partial charge in [-0.15, -0.1) is 0 Å². The topological polar surface area (TPSA) is 20.3 Å². The molecule has 0 radical (unpaired) electrons. The maximum atomic E-state index is 14.1. The summed E-state index contributed by atoms with van der Waals surface area (Å²) in [5, 5.41) is 0. The zero-order chi connectivity index (χ0) is 15.5. The molecule has 0 aliphatic rings. The monoisotopic (exact) mass is 293 g/mol. The average Bonchev–Trinajstić information content (AvgIpc) is 2.47. The Kier molecular flexibility index (Phi) is 4.31. The highest BCUT2D eigenvalue weighted by molar-refractivity contribution is 5.98. The highest BCUT2D eigenvalue weighted by Gasteiger charge is 2.41. The van der Waals surface area contributed by atoms with Crippen LogP contribution in [0.3, 0.4) is 0 Å². The standard InChI is InChI=1S/C16H14F3NO/c1-20(14-10-6-5-9-13(14)17)15(21)16(18,19)11-12-7-3-2-4-8-12/h2-10H,11H2,1H3. The molecular formula is C16H14F3NO. The number of alkyl halides is 2. The van der Waals surface area contributed by atoms with Crippen molar-refractivity contribution in [3.8, 4) is 0 Å². The molecule has 21 heavy (non-hydrogen) atoms. The van der Waals surface area contributed by atoms with Gasteiger partial charge in [0.05, 0.1) is 5.69 Å². The molecule has 0 aliphatic carbocycles. The summed E-state index contributed by atoms with van der Waals surface area (Å²) < 4.78 is 41.7. The van der Waals surface area contributed by atoms with E-state index >= 15 is 0 Å². The quantitative estimate of drug-likeness (QED) is 0.842. The van der Waals surface area contributed by atoms with Gasteiger partial charge in [0.15, 0.2) is 0 Å². The number of carbonyl (C=O) groups is 1. The van der Waals surface area contributed by atoms with Crippen LogP contribution in [0.4, 0.5) is 18.9 Å². The number of anilines is 1. The Morgan fingerprint density at radius 2 is 1.62 bits per heavy atom. The molecule has 2 rings (SSSR count). The van der Waals surface area contributed by atoms with Crippen molar-refractivity contribution in [2.45, 2.75) is 12.3 Å². The third-order valence-electron chi connectivity index (χ3n) is 3.10. The average molecular weight is 293 g/mol. The minimum absolute atomic E-state index is 0.171. The first-order chi connectivity index (χ1) is 9.92. The molecule has 2 nitrogen and oxygen atoms in total. The number of amides is 1. The molecule has 0 atom stereocenters. The van der Waals surface area contributed by atoms with Gasteiger partial charge in [0.1, 0.15) is 5.82 Å².